The predicted molar refractivity (Wildman–Crippen MR) is 146 cm³/mol. The summed E-state index contributed by atoms with van der Waals surface area (Å²) >= 11 is 6.38. The number of nitrogens with one attached hydrogen (secondary N) is 3. The van der Waals surface area contributed by atoms with Gasteiger partial charge in [-0.15, -0.1) is 0 Å². The van der Waals surface area contributed by atoms with Crippen molar-refractivity contribution in [2.75, 3.05) is 12.1 Å². The third-order valence-electron chi connectivity index (χ3n) is 8.66. The van der Waals surface area contributed by atoms with Crippen molar-refractivity contribution in [2.45, 2.75) is 24.5 Å². The average Bonchev–Trinajstić information content (AvgIpc) is 3.75. The number of hydrogen-bond acceptors (Lipinski definition) is 6. The second-order valence-electron chi connectivity index (χ2n) is 10.7. The maximum absolute atomic E-state index is 14.2. The smallest absolute Gasteiger partial charge is 0.250 e. The summed E-state index contributed by atoms with van der Waals surface area (Å²) in [5.74, 6) is -1.51. The fourth-order valence-electron chi connectivity index (χ4n) is 6.92. The molecule has 10 heteroatoms. The lowest BCUT2D eigenvalue weighted by Gasteiger charge is -2.29. The number of carbonyl (C=O) groups is 3. The number of aromatic nitrogens is 1. The lowest BCUT2D eigenvalue weighted by atomic mass is 9.76. The molecule has 4 aliphatic rings. The van der Waals surface area contributed by atoms with Crippen LogP contribution in [0.5, 0.6) is 11.5 Å². The van der Waals surface area contributed by atoms with Crippen LogP contribution in [-0.4, -0.2) is 40.4 Å². The van der Waals surface area contributed by atoms with Crippen molar-refractivity contribution in [1.29, 1.82) is 0 Å². The van der Waals surface area contributed by atoms with Crippen molar-refractivity contribution in [1.82, 2.24) is 15.2 Å². The molecule has 0 bridgehead atoms. The van der Waals surface area contributed by atoms with E-state index in [9.17, 15) is 14.4 Å². The molecule has 9 nitrogen and oxygen atoms in total. The van der Waals surface area contributed by atoms with E-state index in [1.807, 2.05) is 36.5 Å². The number of para-hydroxylation sites is 1. The highest BCUT2D eigenvalue weighted by molar-refractivity contribution is 6.31. The van der Waals surface area contributed by atoms with Crippen molar-refractivity contribution in [3.63, 3.8) is 0 Å². The first-order valence-electron chi connectivity index (χ1n) is 13.1. The Morgan fingerprint density at radius 3 is 2.73 bits per heavy atom. The number of anilines is 1. The summed E-state index contributed by atoms with van der Waals surface area (Å²) in [6.07, 6.45) is 2.38. The molecule has 5 heterocycles. The van der Waals surface area contributed by atoms with E-state index in [1.165, 1.54) is 4.90 Å². The maximum atomic E-state index is 14.2. The Morgan fingerprint density at radius 2 is 1.82 bits per heavy atom. The molecule has 0 saturated carbocycles. The standard InChI is InChI=1S/C30H23ClN4O5/c31-17-6-7-21-19(11-17)30(29(38)33-21)26-25(22(34-30)10-16-12-32-20-4-2-1-3-18(16)20)27(36)35(28(26)37)13-15-5-8-23-24(9-15)40-14-39-23/h1-9,11-12,22,25-26,32,34H,10,13-14H2,(H,33,38)/t22-,25+,26-,30+/m0/s1. The zero-order valence-corrected chi connectivity index (χ0v) is 21.8. The van der Waals surface area contributed by atoms with Crippen LogP contribution in [0.3, 0.4) is 0 Å². The fourth-order valence-corrected chi connectivity index (χ4v) is 7.10. The van der Waals surface area contributed by atoms with Crippen LogP contribution in [-0.2, 0) is 32.9 Å². The van der Waals surface area contributed by atoms with Crippen LogP contribution in [0.25, 0.3) is 10.9 Å². The first-order valence-corrected chi connectivity index (χ1v) is 13.5. The number of nitrogens with zero attached hydrogens (tertiary/aromatic N) is 1. The normalized spacial score (nSPS) is 26.2. The molecule has 4 atom stereocenters. The van der Waals surface area contributed by atoms with Gasteiger partial charge in [0.2, 0.25) is 24.5 Å². The molecule has 40 heavy (non-hydrogen) atoms. The molecule has 200 valence electrons. The van der Waals surface area contributed by atoms with E-state index in [0.717, 1.165) is 22.0 Å². The van der Waals surface area contributed by atoms with Gasteiger partial charge >= 0.3 is 0 Å². The lowest BCUT2D eigenvalue weighted by Crippen LogP contribution is -2.53. The van der Waals surface area contributed by atoms with Crippen LogP contribution in [0.15, 0.2) is 66.9 Å². The molecule has 2 saturated heterocycles. The zero-order chi connectivity index (χ0) is 27.2. The minimum Gasteiger partial charge on any atom is -0.454 e. The van der Waals surface area contributed by atoms with Crippen LogP contribution in [0.4, 0.5) is 5.69 Å². The van der Waals surface area contributed by atoms with Gasteiger partial charge < -0.3 is 19.8 Å². The van der Waals surface area contributed by atoms with Crippen LogP contribution in [0, 0.1) is 11.8 Å². The Hall–Kier alpha value is -4.34. The number of likely N-dealkylation sites (tertiary alicyclic amines) is 1. The zero-order valence-electron chi connectivity index (χ0n) is 21.1. The number of amides is 3. The maximum Gasteiger partial charge on any atom is 0.250 e. The second-order valence-corrected chi connectivity index (χ2v) is 11.2. The Bertz CT molecular complexity index is 1770. The van der Waals surface area contributed by atoms with E-state index in [4.69, 9.17) is 21.1 Å². The number of imide groups is 1. The van der Waals surface area contributed by atoms with Crippen molar-refractivity contribution in [3.8, 4) is 11.5 Å². The van der Waals surface area contributed by atoms with Crippen LogP contribution >= 0.6 is 11.6 Å². The Kier molecular flexibility index (Phi) is 4.90. The molecule has 3 aromatic carbocycles. The Balaban J connectivity index is 1.22. The molecule has 0 radical (unpaired) electrons. The van der Waals surface area contributed by atoms with Gasteiger partial charge in [-0.05, 0) is 53.9 Å². The Morgan fingerprint density at radius 1 is 0.975 bits per heavy atom. The number of hydrogen-bond donors (Lipinski definition) is 3. The van der Waals surface area contributed by atoms with Gasteiger partial charge in [0.05, 0.1) is 18.4 Å². The lowest BCUT2D eigenvalue weighted by molar-refractivity contribution is -0.143. The molecule has 0 aliphatic carbocycles. The van der Waals surface area contributed by atoms with Gasteiger partial charge in [0.25, 0.3) is 0 Å². The molecule has 0 unspecified atom stereocenters. The van der Waals surface area contributed by atoms with E-state index >= 15 is 0 Å². The third kappa shape index (κ3) is 3.16. The van der Waals surface area contributed by atoms with Gasteiger partial charge in [0.1, 0.15) is 5.54 Å². The van der Waals surface area contributed by atoms with Crippen LogP contribution in [0.2, 0.25) is 5.02 Å². The van der Waals surface area contributed by atoms with Gasteiger partial charge in [-0.2, -0.15) is 0 Å². The number of fused-ring (bicyclic) bond motifs is 6. The minimum absolute atomic E-state index is 0.0706. The molecule has 4 aromatic rings. The summed E-state index contributed by atoms with van der Waals surface area (Å²) < 4.78 is 10.9. The number of halogens is 1. The van der Waals surface area contributed by atoms with Gasteiger partial charge in [0.15, 0.2) is 11.5 Å². The highest BCUT2D eigenvalue weighted by atomic mass is 35.5. The summed E-state index contributed by atoms with van der Waals surface area (Å²) in [6, 6.07) is 18.0. The van der Waals surface area contributed by atoms with E-state index < -0.39 is 23.4 Å². The predicted octanol–water partition coefficient (Wildman–Crippen LogP) is 3.71. The molecule has 3 N–H and O–H groups in total. The van der Waals surface area contributed by atoms with Gasteiger partial charge in [0, 0.05) is 39.4 Å². The van der Waals surface area contributed by atoms with Crippen molar-refractivity contribution >= 4 is 45.9 Å². The highest BCUT2D eigenvalue weighted by Crippen LogP contribution is 2.54. The summed E-state index contributed by atoms with van der Waals surface area (Å²) in [5.41, 5.74) is 2.48. The largest absolute Gasteiger partial charge is 0.454 e. The van der Waals surface area contributed by atoms with E-state index in [1.54, 1.807) is 30.3 Å². The minimum atomic E-state index is -1.42. The molecule has 3 amide bonds. The molecular weight excluding hydrogens is 532 g/mol. The topological polar surface area (TPSA) is 113 Å². The summed E-state index contributed by atoms with van der Waals surface area (Å²) in [6.45, 7) is 0.201. The average molecular weight is 555 g/mol. The van der Waals surface area contributed by atoms with Gasteiger partial charge in [-0.1, -0.05) is 35.9 Å². The number of ether oxygens (including phenoxy) is 2. The summed E-state index contributed by atoms with van der Waals surface area (Å²) in [5, 5.41) is 7.91. The first kappa shape index (κ1) is 23.5. The van der Waals surface area contributed by atoms with Crippen molar-refractivity contribution in [3.05, 3.63) is 88.6 Å². The molecule has 1 aromatic heterocycles. The highest BCUT2D eigenvalue weighted by Gasteiger charge is 2.70. The fraction of sp³-hybridized carbons (Fsp3) is 0.233. The number of carbonyl (C=O) groups excluding carboxylic acids is 3. The summed E-state index contributed by atoms with van der Waals surface area (Å²) in [4.78, 5) is 46.6. The SMILES string of the molecule is O=C1[C@@H]2[C@H](Cc3c[nH]c4ccccc34)N[C@@]3(C(=O)Nc4ccc(Cl)cc43)[C@@H]2C(=O)N1Cc1ccc2c(c1)OCO2. The number of benzene rings is 3. The number of aromatic amines is 1. The Labute approximate surface area is 233 Å². The second kappa shape index (κ2) is 8.33. The summed E-state index contributed by atoms with van der Waals surface area (Å²) in [7, 11) is 0. The van der Waals surface area contributed by atoms with Gasteiger partial charge in [-0.25, -0.2) is 0 Å². The van der Waals surface area contributed by atoms with E-state index in [-0.39, 0.29) is 31.1 Å². The quantitative estimate of drug-likeness (QED) is 0.332. The molecule has 4 aliphatic heterocycles. The monoisotopic (exact) mass is 554 g/mol. The number of rotatable bonds is 4. The van der Waals surface area contributed by atoms with E-state index in [0.29, 0.717) is 34.2 Å². The van der Waals surface area contributed by atoms with Crippen molar-refractivity contribution in [2.24, 2.45) is 11.8 Å². The van der Waals surface area contributed by atoms with Gasteiger partial charge in [-0.3, -0.25) is 24.6 Å². The third-order valence-corrected chi connectivity index (χ3v) is 8.90. The molecule has 1 spiro atoms. The van der Waals surface area contributed by atoms with E-state index in [2.05, 4.69) is 15.6 Å². The number of H-pyrrole nitrogens is 1. The van der Waals surface area contributed by atoms with Crippen LogP contribution in [0.1, 0.15) is 16.7 Å². The van der Waals surface area contributed by atoms with Crippen molar-refractivity contribution < 1.29 is 23.9 Å². The molecule has 8 rings (SSSR count). The molecule has 2 fully saturated rings. The van der Waals surface area contributed by atoms with Crippen LogP contribution < -0.4 is 20.1 Å². The molecular formula is C30H23ClN4O5. The first-order chi connectivity index (χ1) is 19.4.